The number of aromatic amines is 1. The first-order valence-corrected chi connectivity index (χ1v) is 7.33. The van der Waals surface area contributed by atoms with Crippen LogP contribution in [-0.4, -0.2) is 14.8 Å². The van der Waals surface area contributed by atoms with E-state index in [1.807, 2.05) is 36.4 Å². The van der Waals surface area contributed by atoms with Gasteiger partial charge in [0.05, 0.1) is 11.7 Å². The Balaban J connectivity index is 1.89. The van der Waals surface area contributed by atoms with Crippen molar-refractivity contribution < 1.29 is 0 Å². The maximum Gasteiger partial charge on any atom is 0.347 e. The molecule has 3 aromatic rings. The predicted molar refractivity (Wildman–Crippen MR) is 85.3 cm³/mol. The van der Waals surface area contributed by atoms with E-state index in [1.165, 1.54) is 0 Å². The Morgan fingerprint density at radius 2 is 2.05 bits per heavy atom. The summed E-state index contributed by atoms with van der Waals surface area (Å²) in [5.74, 6) is 0.577. The standard InChI is InChI=1S/C16H13ClN4O/c17-12-3-1-2-9(7-12)10-4-5-14-11(6-10)8-13(18)15-19-20-16(22)21(14)15/h1-7,13H,8,18H2,(H,20,22). The van der Waals surface area contributed by atoms with E-state index in [-0.39, 0.29) is 11.7 Å². The van der Waals surface area contributed by atoms with E-state index in [1.54, 1.807) is 4.57 Å². The molecule has 0 amide bonds. The first-order valence-electron chi connectivity index (χ1n) is 6.95. The third kappa shape index (κ3) is 1.98. The maximum absolute atomic E-state index is 11.9. The second-order valence-electron chi connectivity index (χ2n) is 5.39. The van der Waals surface area contributed by atoms with Crippen molar-refractivity contribution in [3.8, 4) is 16.8 Å². The van der Waals surface area contributed by atoms with Gasteiger partial charge in [0.15, 0.2) is 5.82 Å². The highest BCUT2D eigenvalue weighted by Crippen LogP contribution is 2.31. The quantitative estimate of drug-likeness (QED) is 0.724. The van der Waals surface area contributed by atoms with Crippen LogP contribution >= 0.6 is 11.6 Å². The largest absolute Gasteiger partial charge is 0.347 e. The second kappa shape index (κ2) is 4.83. The van der Waals surface area contributed by atoms with Crippen LogP contribution in [0, 0.1) is 0 Å². The Hall–Kier alpha value is -2.37. The number of aromatic nitrogens is 3. The normalized spacial score (nSPS) is 16.2. The first kappa shape index (κ1) is 13.3. The summed E-state index contributed by atoms with van der Waals surface area (Å²) in [5, 5.41) is 7.17. The minimum atomic E-state index is -0.291. The lowest BCUT2D eigenvalue weighted by atomic mass is 9.95. The highest BCUT2D eigenvalue weighted by Gasteiger charge is 2.25. The molecular formula is C16H13ClN4O. The Kier molecular flexibility index (Phi) is 2.92. The second-order valence-corrected chi connectivity index (χ2v) is 5.82. The van der Waals surface area contributed by atoms with Crippen LogP contribution in [0.25, 0.3) is 16.8 Å². The van der Waals surface area contributed by atoms with E-state index in [9.17, 15) is 4.79 Å². The third-order valence-corrected chi connectivity index (χ3v) is 4.18. The number of H-pyrrole nitrogens is 1. The fourth-order valence-corrected chi connectivity index (χ4v) is 3.12. The van der Waals surface area contributed by atoms with Gasteiger partial charge in [0.25, 0.3) is 0 Å². The van der Waals surface area contributed by atoms with Crippen molar-refractivity contribution in [1.82, 2.24) is 14.8 Å². The van der Waals surface area contributed by atoms with Gasteiger partial charge in [-0.15, -0.1) is 0 Å². The molecule has 0 aliphatic carbocycles. The molecule has 110 valence electrons. The number of nitrogens with zero attached hydrogens (tertiary/aromatic N) is 2. The molecule has 6 heteroatoms. The minimum absolute atomic E-state index is 0.262. The smallest absolute Gasteiger partial charge is 0.321 e. The molecule has 1 unspecified atom stereocenters. The molecular weight excluding hydrogens is 300 g/mol. The van der Waals surface area contributed by atoms with Crippen LogP contribution in [0.4, 0.5) is 0 Å². The predicted octanol–water partition coefficient (Wildman–Crippen LogP) is 2.44. The summed E-state index contributed by atoms with van der Waals surface area (Å²) >= 11 is 6.06. The summed E-state index contributed by atoms with van der Waals surface area (Å²) in [7, 11) is 0. The van der Waals surface area contributed by atoms with E-state index >= 15 is 0 Å². The lowest BCUT2D eigenvalue weighted by molar-refractivity contribution is 0.619. The Morgan fingerprint density at radius 1 is 1.23 bits per heavy atom. The summed E-state index contributed by atoms with van der Waals surface area (Å²) in [5.41, 5.74) is 9.81. The van der Waals surface area contributed by atoms with Gasteiger partial charge in [0.1, 0.15) is 0 Å². The molecule has 0 saturated carbocycles. The van der Waals surface area contributed by atoms with E-state index in [0.717, 1.165) is 22.4 Å². The number of nitrogens with two attached hydrogens (primary N) is 1. The molecule has 0 fully saturated rings. The van der Waals surface area contributed by atoms with Crippen molar-refractivity contribution in [2.24, 2.45) is 5.73 Å². The van der Waals surface area contributed by atoms with Crippen LogP contribution in [0.2, 0.25) is 5.02 Å². The minimum Gasteiger partial charge on any atom is -0.321 e. The zero-order chi connectivity index (χ0) is 15.3. The zero-order valence-electron chi connectivity index (χ0n) is 11.6. The highest BCUT2D eigenvalue weighted by molar-refractivity contribution is 6.30. The summed E-state index contributed by atoms with van der Waals surface area (Å²) in [6.07, 6.45) is 0.647. The molecule has 22 heavy (non-hydrogen) atoms. The Labute approximate surface area is 131 Å². The maximum atomic E-state index is 11.9. The average Bonchev–Trinajstić information content (AvgIpc) is 2.90. The van der Waals surface area contributed by atoms with Gasteiger partial charge < -0.3 is 5.73 Å². The van der Waals surface area contributed by atoms with Crippen molar-refractivity contribution in [3.05, 3.63) is 69.4 Å². The number of hydrogen-bond acceptors (Lipinski definition) is 3. The van der Waals surface area contributed by atoms with Gasteiger partial charge in [0.2, 0.25) is 0 Å². The van der Waals surface area contributed by atoms with Gasteiger partial charge in [-0.3, -0.25) is 0 Å². The SMILES string of the molecule is NC1Cc2cc(-c3cccc(Cl)c3)ccc2-n2c1n[nH]c2=O. The van der Waals surface area contributed by atoms with Gasteiger partial charge in [-0.2, -0.15) is 5.10 Å². The summed E-state index contributed by atoms with van der Waals surface area (Å²) < 4.78 is 1.55. The third-order valence-electron chi connectivity index (χ3n) is 3.95. The topological polar surface area (TPSA) is 76.7 Å². The first-order chi connectivity index (χ1) is 10.6. The van der Waals surface area contributed by atoms with Crippen molar-refractivity contribution in [2.75, 3.05) is 0 Å². The van der Waals surface area contributed by atoms with Crippen LogP contribution in [0.15, 0.2) is 47.3 Å². The molecule has 0 bridgehead atoms. The molecule has 2 aromatic carbocycles. The number of halogens is 1. The van der Waals surface area contributed by atoms with Crippen LogP contribution in [0.1, 0.15) is 17.4 Å². The van der Waals surface area contributed by atoms with Crippen molar-refractivity contribution in [1.29, 1.82) is 0 Å². The Morgan fingerprint density at radius 3 is 2.86 bits per heavy atom. The van der Waals surface area contributed by atoms with Crippen LogP contribution in [-0.2, 0) is 6.42 Å². The number of fused-ring (bicyclic) bond motifs is 3. The molecule has 0 saturated heterocycles. The molecule has 2 heterocycles. The molecule has 1 aliphatic rings. The van der Waals surface area contributed by atoms with Gasteiger partial charge in [-0.05, 0) is 47.4 Å². The highest BCUT2D eigenvalue weighted by atomic mass is 35.5. The molecule has 1 atom stereocenters. The number of benzene rings is 2. The van der Waals surface area contributed by atoms with Crippen molar-refractivity contribution >= 4 is 11.6 Å². The number of rotatable bonds is 1. The van der Waals surface area contributed by atoms with E-state index in [0.29, 0.717) is 17.3 Å². The monoisotopic (exact) mass is 312 g/mol. The molecule has 0 radical (unpaired) electrons. The number of hydrogen-bond donors (Lipinski definition) is 2. The molecule has 3 N–H and O–H groups in total. The fourth-order valence-electron chi connectivity index (χ4n) is 2.93. The lowest BCUT2D eigenvalue weighted by Gasteiger charge is -2.22. The molecule has 1 aromatic heterocycles. The average molecular weight is 313 g/mol. The van der Waals surface area contributed by atoms with E-state index in [4.69, 9.17) is 17.3 Å². The van der Waals surface area contributed by atoms with Gasteiger partial charge >= 0.3 is 5.69 Å². The van der Waals surface area contributed by atoms with E-state index < -0.39 is 0 Å². The van der Waals surface area contributed by atoms with Crippen molar-refractivity contribution in [2.45, 2.75) is 12.5 Å². The van der Waals surface area contributed by atoms with Crippen LogP contribution in [0.3, 0.4) is 0 Å². The Bertz CT molecular complexity index is 928. The van der Waals surface area contributed by atoms with Gasteiger partial charge in [-0.25, -0.2) is 14.5 Å². The lowest BCUT2D eigenvalue weighted by Crippen LogP contribution is -2.28. The zero-order valence-corrected chi connectivity index (χ0v) is 12.3. The van der Waals surface area contributed by atoms with Crippen LogP contribution in [0.5, 0.6) is 0 Å². The molecule has 1 aliphatic heterocycles. The molecule has 0 spiro atoms. The fraction of sp³-hybridized carbons (Fsp3) is 0.125. The van der Waals surface area contributed by atoms with Gasteiger partial charge in [0, 0.05) is 5.02 Å². The van der Waals surface area contributed by atoms with Crippen molar-refractivity contribution in [3.63, 3.8) is 0 Å². The molecule has 4 rings (SSSR count). The van der Waals surface area contributed by atoms with Gasteiger partial charge in [-0.1, -0.05) is 29.8 Å². The number of nitrogens with one attached hydrogen (secondary N) is 1. The summed E-state index contributed by atoms with van der Waals surface area (Å²) in [6, 6.07) is 13.4. The van der Waals surface area contributed by atoms with E-state index in [2.05, 4.69) is 16.3 Å². The summed E-state index contributed by atoms with van der Waals surface area (Å²) in [6.45, 7) is 0. The summed E-state index contributed by atoms with van der Waals surface area (Å²) in [4.78, 5) is 11.9. The van der Waals surface area contributed by atoms with Crippen LogP contribution < -0.4 is 11.4 Å². The molecule has 5 nitrogen and oxygen atoms in total.